The number of aryl methyl sites for hydroxylation is 1. The van der Waals surface area contributed by atoms with E-state index >= 15 is 0 Å². The summed E-state index contributed by atoms with van der Waals surface area (Å²) >= 11 is 0. The van der Waals surface area contributed by atoms with Crippen LogP contribution in [-0.2, 0) is 0 Å². The molecule has 0 saturated heterocycles. The molecule has 0 saturated carbocycles. The van der Waals surface area contributed by atoms with Gasteiger partial charge in [0.05, 0.1) is 23.6 Å². The summed E-state index contributed by atoms with van der Waals surface area (Å²) in [5.74, 6) is 1.10. The second-order valence-electron chi connectivity index (χ2n) is 7.21. The summed E-state index contributed by atoms with van der Waals surface area (Å²) in [7, 11) is 0. The van der Waals surface area contributed by atoms with Gasteiger partial charge in [-0.3, -0.25) is 4.79 Å². The predicted octanol–water partition coefficient (Wildman–Crippen LogP) is 4.26. The van der Waals surface area contributed by atoms with Gasteiger partial charge in [0, 0.05) is 24.6 Å². The molecule has 0 amide bonds. The van der Waals surface area contributed by atoms with Crippen LogP contribution in [-0.4, -0.2) is 35.3 Å². The molecule has 0 fully saturated rings. The zero-order valence-electron chi connectivity index (χ0n) is 17.0. The number of benzene rings is 1. The van der Waals surface area contributed by atoms with Crippen molar-refractivity contribution in [3.63, 3.8) is 0 Å². The Morgan fingerprint density at radius 1 is 1.07 bits per heavy atom. The van der Waals surface area contributed by atoms with E-state index in [2.05, 4.69) is 30.2 Å². The van der Waals surface area contributed by atoms with Crippen molar-refractivity contribution in [1.82, 2.24) is 29.5 Å². The summed E-state index contributed by atoms with van der Waals surface area (Å²) < 4.78 is 16.8. The normalized spacial score (nSPS) is 11.3. The highest BCUT2D eigenvalue weighted by Crippen LogP contribution is 2.29. The lowest BCUT2D eigenvalue weighted by Crippen LogP contribution is -2.03. The Morgan fingerprint density at radius 2 is 1.87 bits per heavy atom. The van der Waals surface area contributed by atoms with Crippen LogP contribution in [0.1, 0.15) is 43.1 Å². The third-order valence-electron chi connectivity index (χ3n) is 4.67. The second kappa shape index (κ2) is 7.58. The second-order valence-corrected chi connectivity index (χ2v) is 7.21. The van der Waals surface area contributed by atoms with Crippen LogP contribution in [0.5, 0.6) is 0 Å². The fraction of sp³-hybridized carbons (Fsp3) is 0.238. The molecule has 0 aliphatic rings. The minimum absolute atomic E-state index is 0.142. The largest absolute Gasteiger partial charge is 0.326 e. The third-order valence-corrected chi connectivity index (χ3v) is 4.67. The van der Waals surface area contributed by atoms with Gasteiger partial charge in [-0.05, 0) is 32.9 Å². The number of carbonyl (C=O) groups excluding carboxylic acids is 1. The van der Waals surface area contributed by atoms with Gasteiger partial charge in [-0.2, -0.15) is 0 Å². The Bertz CT molecular complexity index is 1250. The number of hydrogen-bond acceptors (Lipinski definition) is 7. The number of nitrogens with one attached hydrogen (secondary N) is 1. The first-order chi connectivity index (χ1) is 14.3. The van der Waals surface area contributed by atoms with Crippen LogP contribution < -0.4 is 5.32 Å². The van der Waals surface area contributed by atoms with Gasteiger partial charge in [-0.25, -0.2) is 29.3 Å². The number of Topliss-reactive ketones (excluding diaryl/α,β-unsaturated/α-hetero) is 1. The van der Waals surface area contributed by atoms with E-state index in [1.165, 1.54) is 31.7 Å². The van der Waals surface area contributed by atoms with Gasteiger partial charge >= 0.3 is 0 Å². The average Bonchev–Trinajstić information content (AvgIpc) is 3.05. The van der Waals surface area contributed by atoms with Gasteiger partial charge < -0.3 is 9.88 Å². The van der Waals surface area contributed by atoms with E-state index in [0.29, 0.717) is 28.4 Å². The molecule has 1 N–H and O–H groups in total. The molecule has 4 rings (SSSR count). The van der Waals surface area contributed by atoms with Crippen LogP contribution in [0.2, 0.25) is 0 Å². The Kier molecular flexibility index (Phi) is 4.94. The first-order valence-corrected chi connectivity index (χ1v) is 9.44. The van der Waals surface area contributed by atoms with Gasteiger partial charge in [0.2, 0.25) is 0 Å². The van der Waals surface area contributed by atoms with E-state index in [9.17, 15) is 9.18 Å². The molecule has 0 aliphatic carbocycles. The van der Waals surface area contributed by atoms with E-state index in [1.54, 1.807) is 6.07 Å². The third kappa shape index (κ3) is 3.61. The summed E-state index contributed by atoms with van der Waals surface area (Å²) in [6.07, 6.45) is 4.24. The molecule has 0 atom stereocenters. The fourth-order valence-electron chi connectivity index (χ4n) is 3.36. The van der Waals surface area contributed by atoms with Crippen LogP contribution in [0.3, 0.4) is 0 Å². The lowest BCUT2D eigenvalue weighted by atomic mass is 10.1. The zero-order chi connectivity index (χ0) is 21.4. The first kappa shape index (κ1) is 19.6. The van der Waals surface area contributed by atoms with Crippen LogP contribution in [0.4, 0.5) is 16.0 Å². The highest BCUT2D eigenvalue weighted by molar-refractivity contribution is 5.91. The van der Waals surface area contributed by atoms with Crippen molar-refractivity contribution in [2.45, 2.75) is 33.7 Å². The van der Waals surface area contributed by atoms with Crippen molar-refractivity contribution < 1.29 is 9.18 Å². The molecule has 4 aromatic rings. The molecule has 0 aliphatic heterocycles. The van der Waals surface area contributed by atoms with Crippen molar-refractivity contribution in [3.05, 3.63) is 54.3 Å². The smallest absolute Gasteiger partial charge is 0.179 e. The standard InChI is InChI=1S/C21H20FN7O/c1-11(2)29-13(4)27-21-15(22)5-14(6-18(21)29)16-7-19(26-10-25-16)28-20-9-23-17(8-24-20)12(3)30/h5-11H,1-4H3,(H,24,25,26,28). The summed E-state index contributed by atoms with van der Waals surface area (Å²) in [5.41, 5.74) is 2.51. The van der Waals surface area contributed by atoms with Crippen LogP contribution in [0.15, 0.2) is 36.9 Å². The van der Waals surface area contributed by atoms with Gasteiger partial charge in [0.1, 0.15) is 35.0 Å². The molecule has 9 heteroatoms. The Morgan fingerprint density at radius 3 is 2.53 bits per heavy atom. The van der Waals surface area contributed by atoms with E-state index in [4.69, 9.17) is 0 Å². The molecule has 8 nitrogen and oxygen atoms in total. The molecule has 3 aromatic heterocycles. The summed E-state index contributed by atoms with van der Waals surface area (Å²) in [6.45, 7) is 7.36. The molecule has 152 valence electrons. The van der Waals surface area contributed by atoms with E-state index in [-0.39, 0.29) is 17.5 Å². The number of fused-ring (bicyclic) bond motifs is 1. The molecular weight excluding hydrogens is 385 g/mol. The maximum atomic E-state index is 14.8. The van der Waals surface area contributed by atoms with E-state index in [0.717, 1.165) is 11.3 Å². The first-order valence-electron chi connectivity index (χ1n) is 9.44. The predicted molar refractivity (Wildman–Crippen MR) is 111 cm³/mol. The lowest BCUT2D eigenvalue weighted by Gasteiger charge is -2.12. The SMILES string of the molecule is CC(=O)c1cnc(Nc2cc(-c3cc(F)c4nc(C)n(C(C)C)c4c3)ncn2)cn1. The van der Waals surface area contributed by atoms with Crippen molar-refractivity contribution in [1.29, 1.82) is 0 Å². The lowest BCUT2D eigenvalue weighted by molar-refractivity contribution is 0.101. The summed E-state index contributed by atoms with van der Waals surface area (Å²) in [5, 5.41) is 3.02. The summed E-state index contributed by atoms with van der Waals surface area (Å²) in [4.78, 5) is 32.4. The summed E-state index contributed by atoms with van der Waals surface area (Å²) in [6, 6.07) is 5.15. The van der Waals surface area contributed by atoms with Crippen LogP contribution in [0, 0.1) is 12.7 Å². The minimum Gasteiger partial charge on any atom is -0.326 e. The molecule has 3 heterocycles. The maximum Gasteiger partial charge on any atom is 0.179 e. The monoisotopic (exact) mass is 405 g/mol. The van der Waals surface area contributed by atoms with Crippen LogP contribution in [0.25, 0.3) is 22.3 Å². The van der Waals surface area contributed by atoms with Gasteiger partial charge in [-0.1, -0.05) is 0 Å². The zero-order valence-corrected chi connectivity index (χ0v) is 17.0. The maximum absolute atomic E-state index is 14.8. The highest BCUT2D eigenvalue weighted by Gasteiger charge is 2.16. The van der Waals surface area contributed by atoms with Crippen molar-refractivity contribution >= 4 is 28.5 Å². The quantitative estimate of drug-likeness (QED) is 0.495. The number of ketones is 1. The van der Waals surface area contributed by atoms with E-state index in [1.807, 2.05) is 31.4 Å². The number of nitrogens with zero attached hydrogens (tertiary/aromatic N) is 6. The number of hydrogen-bond donors (Lipinski definition) is 1. The van der Waals surface area contributed by atoms with Crippen LogP contribution >= 0.6 is 0 Å². The average molecular weight is 405 g/mol. The topological polar surface area (TPSA) is 98.5 Å². The van der Waals surface area contributed by atoms with Crippen molar-refractivity contribution in [2.75, 3.05) is 5.32 Å². The van der Waals surface area contributed by atoms with Gasteiger partial charge in [0.15, 0.2) is 11.6 Å². The van der Waals surface area contributed by atoms with Crippen molar-refractivity contribution in [2.24, 2.45) is 0 Å². The molecule has 0 bridgehead atoms. The van der Waals surface area contributed by atoms with E-state index < -0.39 is 5.82 Å². The number of anilines is 2. The molecule has 0 unspecified atom stereocenters. The Labute approximate surface area is 172 Å². The fourth-order valence-corrected chi connectivity index (χ4v) is 3.36. The molecule has 1 aromatic carbocycles. The molecule has 0 spiro atoms. The Balaban J connectivity index is 1.70. The number of carbonyl (C=O) groups is 1. The molecular formula is C21H20FN7O. The number of imidazole rings is 1. The van der Waals surface area contributed by atoms with Gasteiger partial charge in [-0.15, -0.1) is 0 Å². The number of rotatable bonds is 5. The van der Waals surface area contributed by atoms with Gasteiger partial charge in [0.25, 0.3) is 0 Å². The number of aromatic nitrogens is 6. The minimum atomic E-state index is -0.399. The molecule has 0 radical (unpaired) electrons. The highest BCUT2D eigenvalue weighted by atomic mass is 19.1. The number of halogens is 1. The Hall–Kier alpha value is -3.75. The van der Waals surface area contributed by atoms with Crippen molar-refractivity contribution in [3.8, 4) is 11.3 Å². The molecule has 30 heavy (non-hydrogen) atoms.